The van der Waals surface area contributed by atoms with Gasteiger partial charge in [-0.25, -0.2) is 0 Å². The summed E-state index contributed by atoms with van der Waals surface area (Å²) in [7, 11) is 0. The van der Waals surface area contributed by atoms with Crippen LogP contribution in [0.1, 0.15) is 72.1 Å². The van der Waals surface area contributed by atoms with Gasteiger partial charge in [-0.3, -0.25) is 4.79 Å². The normalized spacial score (nSPS) is 26.8. The van der Waals surface area contributed by atoms with Gasteiger partial charge >= 0.3 is 0 Å². The van der Waals surface area contributed by atoms with Gasteiger partial charge in [0.05, 0.1) is 0 Å². The summed E-state index contributed by atoms with van der Waals surface area (Å²) < 4.78 is 0. The van der Waals surface area contributed by atoms with Gasteiger partial charge in [-0.15, -0.1) is 0 Å². The van der Waals surface area contributed by atoms with E-state index in [0.717, 1.165) is 37.2 Å². The topological polar surface area (TPSA) is 17.1 Å². The molecule has 0 radical (unpaired) electrons. The molecular weight excluding hydrogens is 220 g/mol. The van der Waals surface area contributed by atoms with Crippen LogP contribution in [0.25, 0.3) is 0 Å². The highest BCUT2D eigenvalue weighted by Gasteiger charge is 2.30. The Hall–Kier alpha value is -0.590. The zero-order valence-electron chi connectivity index (χ0n) is 12.3. The molecule has 18 heavy (non-hydrogen) atoms. The van der Waals surface area contributed by atoms with Gasteiger partial charge in [0.2, 0.25) is 0 Å². The van der Waals surface area contributed by atoms with Crippen LogP contribution in [0.2, 0.25) is 0 Å². The Morgan fingerprint density at radius 3 is 2.28 bits per heavy atom. The van der Waals surface area contributed by atoms with Crippen molar-refractivity contribution in [3.8, 4) is 0 Å². The van der Waals surface area contributed by atoms with E-state index in [4.69, 9.17) is 0 Å². The van der Waals surface area contributed by atoms with Gasteiger partial charge in [0, 0.05) is 5.92 Å². The molecule has 0 aromatic carbocycles. The van der Waals surface area contributed by atoms with E-state index >= 15 is 0 Å². The summed E-state index contributed by atoms with van der Waals surface area (Å²) in [6.45, 7) is 6.96. The van der Waals surface area contributed by atoms with Gasteiger partial charge in [0.1, 0.15) is 0 Å². The van der Waals surface area contributed by atoms with Gasteiger partial charge < -0.3 is 0 Å². The monoisotopic (exact) mass is 248 g/mol. The fraction of sp³-hybridized carbons (Fsp3) is 0.824. The lowest BCUT2D eigenvalue weighted by Gasteiger charge is -2.33. The molecule has 0 aliphatic heterocycles. The summed E-state index contributed by atoms with van der Waals surface area (Å²) in [5.74, 6) is 1.60. The third-order valence-electron chi connectivity index (χ3n) is 4.93. The Labute approximate surface area is 112 Å². The van der Waals surface area contributed by atoms with Crippen molar-refractivity contribution in [1.29, 1.82) is 0 Å². The Morgan fingerprint density at radius 2 is 1.78 bits per heavy atom. The molecule has 102 valence electrons. The minimum absolute atomic E-state index is 0.358. The van der Waals surface area contributed by atoms with Gasteiger partial charge in [-0.1, -0.05) is 46.1 Å². The lowest BCUT2D eigenvalue weighted by atomic mass is 9.71. The molecule has 1 unspecified atom stereocenters. The van der Waals surface area contributed by atoms with Crippen LogP contribution in [-0.2, 0) is 4.79 Å². The van der Waals surface area contributed by atoms with Crippen LogP contribution in [-0.4, -0.2) is 5.78 Å². The van der Waals surface area contributed by atoms with Gasteiger partial charge in [0.15, 0.2) is 5.78 Å². The summed E-state index contributed by atoms with van der Waals surface area (Å²) in [6.07, 6.45) is 11.7. The predicted octanol–water partition coefficient (Wildman–Crippen LogP) is 4.91. The molecule has 1 nitrogen and oxygen atoms in total. The lowest BCUT2D eigenvalue weighted by molar-refractivity contribution is -0.120. The molecule has 0 amide bonds. The van der Waals surface area contributed by atoms with Crippen LogP contribution < -0.4 is 0 Å². The van der Waals surface area contributed by atoms with Crippen molar-refractivity contribution in [3.05, 3.63) is 11.6 Å². The molecule has 2 aliphatic rings. The molecule has 0 saturated heterocycles. The Bertz CT molecular complexity index is 326. The van der Waals surface area contributed by atoms with Crippen molar-refractivity contribution >= 4 is 5.78 Å². The quantitative estimate of drug-likeness (QED) is 0.678. The molecule has 2 rings (SSSR count). The summed E-state index contributed by atoms with van der Waals surface area (Å²) >= 11 is 0. The molecule has 0 aromatic rings. The highest BCUT2D eigenvalue weighted by molar-refractivity contribution is 5.97. The second kappa shape index (κ2) is 5.59. The first kappa shape index (κ1) is 13.8. The molecule has 1 atom stereocenters. The molecule has 0 N–H and O–H groups in total. The lowest BCUT2D eigenvalue weighted by Crippen LogP contribution is -2.26. The van der Waals surface area contributed by atoms with Crippen LogP contribution >= 0.6 is 0 Å². The second-order valence-electron chi connectivity index (χ2n) is 7.27. The molecular formula is C17H28O. The van der Waals surface area contributed by atoms with Gasteiger partial charge in [-0.05, 0) is 49.0 Å². The molecule has 0 bridgehead atoms. The number of allylic oxidation sites excluding steroid dienone is 2. The van der Waals surface area contributed by atoms with Crippen molar-refractivity contribution in [1.82, 2.24) is 0 Å². The molecule has 1 fully saturated rings. The Morgan fingerprint density at radius 1 is 1.11 bits per heavy atom. The molecule has 0 aromatic heterocycles. The number of rotatable bonds is 2. The highest BCUT2D eigenvalue weighted by atomic mass is 16.1. The van der Waals surface area contributed by atoms with Crippen molar-refractivity contribution in [2.75, 3.05) is 0 Å². The predicted molar refractivity (Wildman–Crippen MR) is 76.5 cm³/mol. The first-order valence-electron chi connectivity index (χ1n) is 7.71. The van der Waals surface area contributed by atoms with E-state index in [1.165, 1.54) is 25.7 Å². The van der Waals surface area contributed by atoms with Crippen LogP contribution in [0.15, 0.2) is 11.6 Å². The summed E-state index contributed by atoms with van der Waals surface area (Å²) in [4.78, 5) is 12.4. The first-order valence-corrected chi connectivity index (χ1v) is 7.71. The maximum Gasteiger partial charge on any atom is 0.161 e. The largest absolute Gasteiger partial charge is 0.294 e. The fourth-order valence-electron chi connectivity index (χ4n) is 3.47. The van der Waals surface area contributed by atoms with E-state index in [1.54, 1.807) is 0 Å². The third kappa shape index (κ3) is 3.24. The maximum atomic E-state index is 12.4. The summed E-state index contributed by atoms with van der Waals surface area (Å²) in [6, 6.07) is 0. The van der Waals surface area contributed by atoms with Crippen molar-refractivity contribution < 1.29 is 4.79 Å². The number of carbonyl (C=O) groups excluding carboxylic acids is 1. The minimum atomic E-state index is 0.358. The highest BCUT2D eigenvalue weighted by Crippen LogP contribution is 2.38. The van der Waals surface area contributed by atoms with E-state index in [2.05, 4.69) is 26.8 Å². The van der Waals surface area contributed by atoms with E-state index in [0.29, 0.717) is 17.1 Å². The maximum absolute atomic E-state index is 12.4. The van der Waals surface area contributed by atoms with Crippen LogP contribution in [0.5, 0.6) is 0 Å². The first-order chi connectivity index (χ1) is 8.48. The Kier molecular flexibility index (Phi) is 4.29. The second-order valence-corrected chi connectivity index (χ2v) is 7.27. The third-order valence-corrected chi connectivity index (χ3v) is 4.93. The SMILES string of the molecule is CC(C)(C)C1CC=C(C(=O)C2CCCCC2)CC1. The zero-order valence-corrected chi connectivity index (χ0v) is 12.3. The zero-order chi connectivity index (χ0) is 13.2. The number of Topliss-reactive ketones (excluding diaryl/α,β-unsaturated/α-hetero) is 1. The number of hydrogen-bond acceptors (Lipinski definition) is 1. The average Bonchev–Trinajstić information content (AvgIpc) is 2.38. The molecule has 1 saturated carbocycles. The van der Waals surface area contributed by atoms with E-state index in [-0.39, 0.29) is 0 Å². The van der Waals surface area contributed by atoms with E-state index < -0.39 is 0 Å². The van der Waals surface area contributed by atoms with E-state index in [1.807, 2.05) is 0 Å². The van der Waals surface area contributed by atoms with Gasteiger partial charge in [-0.2, -0.15) is 0 Å². The van der Waals surface area contributed by atoms with Gasteiger partial charge in [0.25, 0.3) is 0 Å². The molecule has 1 heteroatoms. The molecule has 2 aliphatic carbocycles. The molecule has 0 heterocycles. The smallest absolute Gasteiger partial charge is 0.161 e. The standard InChI is InChI=1S/C17H28O/c1-17(2,3)15-11-9-14(10-12-15)16(18)13-7-5-4-6-8-13/h9,13,15H,4-8,10-12H2,1-3H3. The number of ketones is 1. The molecule has 0 spiro atoms. The summed E-state index contributed by atoms with van der Waals surface area (Å²) in [5, 5.41) is 0. The fourth-order valence-corrected chi connectivity index (χ4v) is 3.47. The minimum Gasteiger partial charge on any atom is -0.294 e. The number of carbonyl (C=O) groups is 1. The van der Waals surface area contributed by atoms with Crippen LogP contribution in [0.4, 0.5) is 0 Å². The van der Waals surface area contributed by atoms with Crippen molar-refractivity contribution in [3.63, 3.8) is 0 Å². The Balaban J connectivity index is 1.94. The van der Waals surface area contributed by atoms with Crippen molar-refractivity contribution in [2.24, 2.45) is 17.3 Å². The average molecular weight is 248 g/mol. The number of hydrogen-bond donors (Lipinski definition) is 0. The van der Waals surface area contributed by atoms with Crippen molar-refractivity contribution in [2.45, 2.75) is 72.1 Å². The van der Waals surface area contributed by atoms with Crippen LogP contribution in [0, 0.1) is 17.3 Å². The van der Waals surface area contributed by atoms with E-state index in [9.17, 15) is 4.79 Å². The van der Waals surface area contributed by atoms with Crippen LogP contribution in [0.3, 0.4) is 0 Å². The summed E-state index contributed by atoms with van der Waals surface area (Å²) in [5.41, 5.74) is 1.54.